The summed E-state index contributed by atoms with van der Waals surface area (Å²) in [6.45, 7) is -0.340. The summed E-state index contributed by atoms with van der Waals surface area (Å²) in [5.41, 5.74) is 0.495. The summed E-state index contributed by atoms with van der Waals surface area (Å²) >= 11 is 6.88. The number of thioether (sulfide) groups is 1. The van der Waals surface area contributed by atoms with E-state index in [1.165, 1.54) is 26.4 Å². The van der Waals surface area contributed by atoms with Gasteiger partial charge in [0.25, 0.3) is 5.91 Å². The number of imide groups is 1. The second-order valence-corrected chi connectivity index (χ2v) is 5.95. The minimum atomic E-state index is -0.585. The minimum absolute atomic E-state index is 0.156. The van der Waals surface area contributed by atoms with E-state index in [-0.39, 0.29) is 28.0 Å². The van der Waals surface area contributed by atoms with Crippen LogP contribution in [0.3, 0.4) is 0 Å². The van der Waals surface area contributed by atoms with Gasteiger partial charge in [-0.3, -0.25) is 9.59 Å². The van der Waals surface area contributed by atoms with E-state index in [1.807, 2.05) is 6.04 Å². The van der Waals surface area contributed by atoms with Crippen molar-refractivity contribution in [2.75, 3.05) is 20.8 Å². The molecule has 2 rings (SSSR count). The van der Waals surface area contributed by atoms with E-state index in [9.17, 15) is 14.4 Å². The lowest BCUT2D eigenvalue weighted by Crippen LogP contribution is -2.21. The fourth-order valence-electron chi connectivity index (χ4n) is 1.88. The minimum Gasteiger partial charge on any atom is -0.493 e. The van der Waals surface area contributed by atoms with Gasteiger partial charge in [0, 0.05) is 6.04 Å². The first kappa shape index (κ1) is 18.7. The van der Waals surface area contributed by atoms with Crippen LogP contribution in [-0.2, 0) is 14.3 Å². The van der Waals surface area contributed by atoms with Crippen LogP contribution in [0.1, 0.15) is 5.56 Å². The molecule has 1 aromatic carbocycles. The lowest BCUT2D eigenvalue weighted by molar-refractivity contribution is -0.142. The molecule has 1 saturated heterocycles. The van der Waals surface area contributed by atoms with Gasteiger partial charge >= 0.3 is 11.2 Å². The lowest BCUT2D eigenvalue weighted by Gasteiger charge is -2.12. The number of esters is 1. The van der Waals surface area contributed by atoms with Gasteiger partial charge in [-0.05, 0) is 35.5 Å². The number of hydrogen-bond acceptors (Lipinski definition) is 7. The van der Waals surface area contributed by atoms with E-state index in [4.69, 9.17) is 27.5 Å². The first-order valence-corrected chi connectivity index (χ1v) is 7.92. The molecular formula is C16H12ClNO6S. The van der Waals surface area contributed by atoms with Crippen molar-refractivity contribution in [3.63, 3.8) is 0 Å². The average Bonchev–Trinajstić information content (AvgIpc) is 2.86. The van der Waals surface area contributed by atoms with Crippen molar-refractivity contribution in [1.82, 2.24) is 4.90 Å². The number of benzene rings is 1. The van der Waals surface area contributed by atoms with Gasteiger partial charge in [-0.15, -0.1) is 0 Å². The molecule has 0 unspecified atom stereocenters. The third-order valence-electron chi connectivity index (χ3n) is 3.03. The third-order valence-corrected chi connectivity index (χ3v) is 4.18. The van der Waals surface area contributed by atoms with Gasteiger partial charge in [-0.25, -0.2) is 4.79 Å². The van der Waals surface area contributed by atoms with Crippen molar-refractivity contribution >= 4 is 46.6 Å². The zero-order valence-electron chi connectivity index (χ0n) is 13.2. The second kappa shape index (κ2) is 7.96. The molecule has 0 aliphatic carbocycles. The normalized spacial score (nSPS) is 15.3. The van der Waals surface area contributed by atoms with Crippen molar-refractivity contribution < 1.29 is 28.6 Å². The van der Waals surface area contributed by atoms with Crippen molar-refractivity contribution in [3.8, 4) is 24.0 Å². The van der Waals surface area contributed by atoms with Crippen LogP contribution in [0.5, 0.6) is 11.5 Å². The highest BCUT2D eigenvalue weighted by atomic mass is 35.5. The molecule has 0 saturated carbocycles. The Hall–Kier alpha value is -2.63. The Kier molecular flexibility index (Phi) is 5.96. The predicted octanol–water partition coefficient (Wildman–Crippen LogP) is 2.53. The summed E-state index contributed by atoms with van der Waals surface area (Å²) in [5.74, 6) is -0.758. The van der Waals surface area contributed by atoms with Crippen LogP contribution in [0.4, 0.5) is 4.79 Å². The number of halogens is 1. The topological polar surface area (TPSA) is 82.1 Å². The second-order valence-electron chi connectivity index (χ2n) is 4.55. The molecule has 0 bridgehead atoms. The van der Waals surface area contributed by atoms with Gasteiger partial charge in [0.05, 0.1) is 24.1 Å². The molecule has 1 aliphatic rings. The van der Waals surface area contributed by atoms with E-state index in [0.29, 0.717) is 10.5 Å². The van der Waals surface area contributed by atoms with Crippen molar-refractivity contribution in [2.45, 2.75) is 0 Å². The summed E-state index contributed by atoms with van der Waals surface area (Å²) in [7, 11) is 2.63. The van der Waals surface area contributed by atoms with Gasteiger partial charge < -0.3 is 14.2 Å². The highest BCUT2D eigenvalue weighted by Crippen LogP contribution is 2.38. The van der Waals surface area contributed by atoms with E-state index in [1.54, 1.807) is 6.07 Å². The lowest BCUT2D eigenvalue weighted by atomic mass is 10.2. The first-order chi connectivity index (χ1) is 11.9. The molecule has 0 N–H and O–H groups in total. The monoisotopic (exact) mass is 381 g/mol. The molecular weight excluding hydrogens is 370 g/mol. The molecule has 0 radical (unpaired) electrons. The summed E-state index contributed by atoms with van der Waals surface area (Å²) in [6, 6.07) is 5.06. The van der Waals surface area contributed by atoms with Crippen LogP contribution in [0.2, 0.25) is 5.02 Å². The highest BCUT2D eigenvalue weighted by Gasteiger charge is 2.34. The van der Waals surface area contributed by atoms with Crippen molar-refractivity contribution in [1.29, 1.82) is 0 Å². The summed E-state index contributed by atoms with van der Waals surface area (Å²) in [6.07, 6.45) is 6.59. The molecule has 9 heteroatoms. The summed E-state index contributed by atoms with van der Waals surface area (Å²) in [4.78, 5) is 35.6. The summed E-state index contributed by atoms with van der Waals surface area (Å²) in [5, 5.41) is -0.388. The Bertz CT molecular complexity index is 814. The van der Waals surface area contributed by atoms with Crippen LogP contribution < -0.4 is 9.47 Å². The Morgan fingerprint density at radius 3 is 2.68 bits per heavy atom. The number of ether oxygens (including phenoxy) is 3. The van der Waals surface area contributed by atoms with Crippen LogP contribution >= 0.6 is 23.4 Å². The quantitative estimate of drug-likeness (QED) is 0.440. The smallest absolute Gasteiger partial charge is 0.343 e. The van der Waals surface area contributed by atoms with Crippen LogP contribution in [0.25, 0.3) is 6.08 Å². The Morgan fingerprint density at radius 2 is 2.12 bits per heavy atom. The maximum Gasteiger partial charge on any atom is 0.343 e. The Balaban J connectivity index is 2.32. The first-order valence-electron chi connectivity index (χ1n) is 6.72. The standard InChI is InChI=1S/C16H12ClNO6S/c1-4-18-15(20)12(25-16(18)21)7-9-5-10(17)14(11(6-9)22-2)24-8-13(19)23-3/h1,5-7H,8H2,2-3H3/b12-7+. The van der Waals surface area contributed by atoms with Crippen molar-refractivity contribution in [3.05, 3.63) is 27.6 Å². The molecule has 1 heterocycles. The third kappa shape index (κ3) is 4.07. The largest absolute Gasteiger partial charge is 0.493 e. The average molecular weight is 382 g/mol. The van der Waals surface area contributed by atoms with Crippen molar-refractivity contribution in [2.24, 2.45) is 0 Å². The van der Waals surface area contributed by atoms with E-state index in [0.717, 1.165) is 11.8 Å². The maximum atomic E-state index is 12.0. The number of amides is 2. The molecule has 2 amide bonds. The molecule has 7 nitrogen and oxygen atoms in total. The van der Waals surface area contributed by atoms with Crippen LogP contribution in [0, 0.1) is 12.5 Å². The highest BCUT2D eigenvalue weighted by molar-refractivity contribution is 8.18. The zero-order valence-corrected chi connectivity index (χ0v) is 14.8. The number of carbonyl (C=O) groups is 3. The fraction of sp³-hybridized carbons (Fsp3) is 0.188. The maximum absolute atomic E-state index is 12.0. The van der Waals surface area contributed by atoms with Gasteiger partial charge in [0.15, 0.2) is 18.1 Å². The van der Waals surface area contributed by atoms with Gasteiger partial charge in [-0.1, -0.05) is 18.0 Å². The summed E-state index contributed by atoms with van der Waals surface area (Å²) < 4.78 is 15.0. The predicted molar refractivity (Wildman–Crippen MR) is 92.2 cm³/mol. The van der Waals surface area contributed by atoms with Crippen LogP contribution in [-0.4, -0.2) is 42.8 Å². The number of rotatable bonds is 5. The van der Waals surface area contributed by atoms with E-state index >= 15 is 0 Å². The SMILES string of the molecule is C#CN1C(=O)S/C(=C/c2cc(Cl)c(OCC(=O)OC)c(OC)c2)C1=O. The van der Waals surface area contributed by atoms with E-state index in [2.05, 4.69) is 4.74 Å². The van der Waals surface area contributed by atoms with Crippen LogP contribution in [0.15, 0.2) is 17.0 Å². The zero-order chi connectivity index (χ0) is 18.6. The molecule has 1 aliphatic heterocycles. The number of terminal acetylenes is 1. The molecule has 130 valence electrons. The number of carbonyl (C=O) groups excluding carboxylic acids is 3. The molecule has 25 heavy (non-hydrogen) atoms. The van der Waals surface area contributed by atoms with Gasteiger partial charge in [0.2, 0.25) is 0 Å². The molecule has 0 atom stereocenters. The molecule has 1 fully saturated rings. The molecule has 1 aromatic rings. The number of nitrogens with zero attached hydrogens (tertiary/aromatic N) is 1. The molecule has 0 aromatic heterocycles. The molecule has 0 spiro atoms. The Morgan fingerprint density at radius 1 is 1.40 bits per heavy atom. The Labute approximate surface area is 152 Å². The van der Waals surface area contributed by atoms with E-state index < -0.39 is 17.1 Å². The van der Waals surface area contributed by atoms with Gasteiger partial charge in [-0.2, -0.15) is 4.90 Å². The number of methoxy groups -OCH3 is 2. The van der Waals surface area contributed by atoms with Gasteiger partial charge in [0.1, 0.15) is 0 Å². The fourth-order valence-corrected chi connectivity index (χ4v) is 2.95. The number of hydrogen-bond donors (Lipinski definition) is 0.